The summed E-state index contributed by atoms with van der Waals surface area (Å²) >= 11 is 0. The Hall–Kier alpha value is -1.79. The molecule has 2 N–H and O–H groups in total. The Kier molecular flexibility index (Phi) is 3.13. The van der Waals surface area contributed by atoms with Gasteiger partial charge >= 0.3 is 0 Å². The molecule has 15 heavy (non-hydrogen) atoms. The van der Waals surface area contributed by atoms with E-state index in [0.717, 1.165) is 7.11 Å². The SMILES string of the molecule is COc1c(F)cc(C(N)=O)nc1C(F)F. The van der Waals surface area contributed by atoms with E-state index in [4.69, 9.17) is 5.73 Å². The second-order valence-electron chi connectivity index (χ2n) is 2.57. The molecular formula is C8H7F3N2O2. The summed E-state index contributed by atoms with van der Waals surface area (Å²) in [6, 6.07) is 0.646. The molecule has 0 saturated heterocycles. The molecule has 82 valence electrons. The molecule has 0 radical (unpaired) electrons. The zero-order valence-corrected chi connectivity index (χ0v) is 7.63. The quantitative estimate of drug-likeness (QED) is 0.834. The van der Waals surface area contributed by atoms with Crippen LogP contribution in [0.1, 0.15) is 22.6 Å². The summed E-state index contributed by atoms with van der Waals surface area (Å²) in [5.74, 6) is -2.87. The molecule has 1 aromatic heterocycles. The lowest BCUT2D eigenvalue weighted by atomic mass is 10.2. The van der Waals surface area contributed by atoms with Crippen molar-refractivity contribution in [2.45, 2.75) is 6.43 Å². The number of aromatic nitrogens is 1. The number of nitrogens with zero attached hydrogens (tertiary/aromatic N) is 1. The van der Waals surface area contributed by atoms with E-state index in [0.29, 0.717) is 6.07 Å². The predicted octanol–water partition coefficient (Wildman–Crippen LogP) is 1.27. The van der Waals surface area contributed by atoms with Crippen molar-refractivity contribution in [3.05, 3.63) is 23.3 Å². The van der Waals surface area contributed by atoms with Gasteiger partial charge in [-0.15, -0.1) is 0 Å². The number of alkyl halides is 2. The van der Waals surface area contributed by atoms with Gasteiger partial charge in [0.15, 0.2) is 17.3 Å². The summed E-state index contributed by atoms with van der Waals surface area (Å²) < 4.78 is 42.3. The van der Waals surface area contributed by atoms with Crippen LogP contribution in [-0.4, -0.2) is 18.0 Å². The number of primary amides is 1. The maximum atomic E-state index is 13.1. The number of hydrogen-bond donors (Lipinski definition) is 1. The fourth-order valence-corrected chi connectivity index (χ4v) is 0.997. The minimum Gasteiger partial charge on any atom is -0.492 e. The number of methoxy groups -OCH3 is 1. The number of carbonyl (C=O) groups is 1. The van der Waals surface area contributed by atoms with Crippen LogP contribution in [0.5, 0.6) is 5.75 Å². The van der Waals surface area contributed by atoms with Crippen molar-refractivity contribution in [2.75, 3.05) is 7.11 Å². The third-order valence-corrected chi connectivity index (χ3v) is 1.62. The Morgan fingerprint density at radius 2 is 2.20 bits per heavy atom. The molecule has 7 heteroatoms. The van der Waals surface area contributed by atoms with Crippen LogP contribution >= 0.6 is 0 Å². The Bertz CT molecular complexity index is 396. The highest BCUT2D eigenvalue weighted by Crippen LogP contribution is 2.29. The number of pyridine rings is 1. The molecule has 0 fully saturated rings. The van der Waals surface area contributed by atoms with Crippen molar-refractivity contribution < 1.29 is 22.7 Å². The molecule has 0 unspecified atom stereocenters. The van der Waals surface area contributed by atoms with Gasteiger partial charge in [-0.2, -0.15) is 0 Å². The first-order chi connectivity index (χ1) is 6.97. The van der Waals surface area contributed by atoms with Crippen LogP contribution < -0.4 is 10.5 Å². The molecule has 0 aliphatic rings. The van der Waals surface area contributed by atoms with Crippen molar-refractivity contribution in [1.82, 2.24) is 4.98 Å². The first kappa shape index (κ1) is 11.3. The summed E-state index contributed by atoms with van der Waals surface area (Å²) in [7, 11) is 1.02. The van der Waals surface area contributed by atoms with E-state index in [-0.39, 0.29) is 0 Å². The molecule has 0 aromatic carbocycles. The fourth-order valence-electron chi connectivity index (χ4n) is 0.997. The number of halogens is 3. The topological polar surface area (TPSA) is 65.2 Å². The number of amides is 1. The minimum absolute atomic E-state index is 0.566. The van der Waals surface area contributed by atoms with Crippen LogP contribution in [0, 0.1) is 5.82 Å². The van der Waals surface area contributed by atoms with Gasteiger partial charge in [0.05, 0.1) is 7.11 Å². The second kappa shape index (κ2) is 4.16. The maximum Gasteiger partial charge on any atom is 0.284 e. The summed E-state index contributed by atoms with van der Waals surface area (Å²) in [6.07, 6.45) is -3.05. The van der Waals surface area contributed by atoms with E-state index in [1.165, 1.54) is 0 Å². The maximum absolute atomic E-state index is 13.1. The standard InChI is InChI=1S/C8H7F3N2O2/c1-15-6-3(9)2-4(8(12)14)13-5(6)7(10)11/h2,7H,1H3,(H2,12,14). The van der Waals surface area contributed by atoms with Gasteiger partial charge in [0.25, 0.3) is 12.3 Å². The van der Waals surface area contributed by atoms with E-state index in [2.05, 4.69) is 9.72 Å². The van der Waals surface area contributed by atoms with Gasteiger partial charge in [-0.05, 0) is 0 Å². The molecule has 1 amide bonds. The molecule has 4 nitrogen and oxygen atoms in total. The van der Waals surface area contributed by atoms with Crippen LogP contribution in [0.2, 0.25) is 0 Å². The lowest BCUT2D eigenvalue weighted by Crippen LogP contribution is -2.15. The molecule has 0 saturated carbocycles. The highest BCUT2D eigenvalue weighted by Gasteiger charge is 2.22. The summed E-state index contributed by atoms with van der Waals surface area (Å²) in [6.45, 7) is 0. The van der Waals surface area contributed by atoms with Gasteiger partial charge in [-0.1, -0.05) is 0 Å². The molecule has 0 atom stereocenters. The minimum atomic E-state index is -3.05. The average Bonchev–Trinajstić information content (AvgIpc) is 2.16. The lowest BCUT2D eigenvalue weighted by Gasteiger charge is -2.08. The van der Waals surface area contributed by atoms with Crippen LogP contribution in [-0.2, 0) is 0 Å². The van der Waals surface area contributed by atoms with Crippen LogP contribution in [0.4, 0.5) is 13.2 Å². The molecule has 0 bridgehead atoms. The van der Waals surface area contributed by atoms with Gasteiger partial charge < -0.3 is 10.5 Å². The van der Waals surface area contributed by atoms with Crippen LogP contribution in [0.3, 0.4) is 0 Å². The number of nitrogens with two attached hydrogens (primary N) is 1. The third-order valence-electron chi connectivity index (χ3n) is 1.62. The van der Waals surface area contributed by atoms with Crippen LogP contribution in [0.25, 0.3) is 0 Å². The Morgan fingerprint density at radius 1 is 1.60 bits per heavy atom. The normalized spacial score (nSPS) is 10.5. The monoisotopic (exact) mass is 220 g/mol. The van der Waals surface area contributed by atoms with E-state index < -0.39 is 35.3 Å². The van der Waals surface area contributed by atoms with Gasteiger partial charge in [-0.25, -0.2) is 18.2 Å². The average molecular weight is 220 g/mol. The largest absolute Gasteiger partial charge is 0.492 e. The van der Waals surface area contributed by atoms with Crippen molar-refractivity contribution in [3.63, 3.8) is 0 Å². The van der Waals surface area contributed by atoms with E-state index >= 15 is 0 Å². The van der Waals surface area contributed by atoms with Crippen molar-refractivity contribution in [2.24, 2.45) is 5.73 Å². The fraction of sp³-hybridized carbons (Fsp3) is 0.250. The predicted molar refractivity (Wildman–Crippen MR) is 44.2 cm³/mol. The van der Waals surface area contributed by atoms with Crippen LogP contribution in [0.15, 0.2) is 6.07 Å². The number of ether oxygens (including phenoxy) is 1. The molecule has 1 heterocycles. The zero-order valence-electron chi connectivity index (χ0n) is 7.63. The summed E-state index contributed by atoms with van der Waals surface area (Å²) in [5.41, 5.74) is 3.28. The summed E-state index contributed by atoms with van der Waals surface area (Å²) in [5, 5.41) is 0. The van der Waals surface area contributed by atoms with Crippen molar-refractivity contribution in [3.8, 4) is 5.75 Å². The lowest BCUT2D eigenvalue weighted by molar-refractivity contribution is 0.0992. The van der Waals surface area contributed by atoms with Gasteiger partial charge in [0.2, 0.25) is 0 Å². The molecule has 0 aliphatic carbocycles. The third kappa shape index (κ3) is 2.17. The highest BCUT2D eigenvalue weighted by molar-refractivity contribution is 5.90. The molecular weight excluding hydrogens is 213 g/mol. The first-order valence-corrected chi connectivity index (χ1v) is 3.79. The van der Waals surface area contributed by atoms with Gasteiger partial charge in [-0.3, -0.25) is 4.79 Å². The highest BCUT2D eigenvalue weighted by atomic mass is 19.3. The smallest absolute Gasteiger partial charge is 0.284 e. The van der Waals surface area contributed by atoms with E-state index in [1.807, 2.05) is 0 Å². The van der Waals surface area contributed by atoms with E-state index in [9.17, 15) is 18.0 Å². The van der Waals surface area contributed by atoms with E-state index in [1.54, 1.807) is 0 Å². The second-order valence-corrected chi connectivity index (χ2v) is 2.57. The molecule has 1 rings (SSSR count). The van der Waals surface area contributed by atoms with Gasteiger partial charge in [0.1, 0.15) is 5.69 Å². The van der Waals surface area contributed by atoms with Crippen molar-refractivity contribution >= 4 is 5.91 Å². The number of carbonyl (C=O) groups excluding carboxylic acids is 1. The number of hydrogen-bond acceptors (Lipinski definition) is 3. The van der Waals surface area contributed by atoms with Crippen molar-refractivity contribution in [1.29, 1.82) is 0 Å². The zero-order chi connectivity index (χ0) is 11.6. The summed E-state index contributed by atoms with van der Waals surface area (Å²) in [4.78, 5) is 13.8. The Labute approximate surface area is 82.9 Å². The Morgan fingerprint density at radius 3 is 2.60 bits per heavy atom. The molecule has 0 aliphatic heterocycles. The first-order valence-electron chi connectivity index (χ1n) is 3.79. The molecule has 0 spiro atoms. The Balaban J connectivity index is 3.38. The van der Waals surface area contributed by atoms with Gasteiger partial charge in [0, 0.05) is 6.07 Å². The number of rotatable bonds is 3. The molecule has 1 aromatic rings.